The number of aliphatic hydroxyl groups is 2. The van der Waals surface area contributed by atoms with Crippen molar-refractivity contribution in [3.63, 3.8) is 0 Å². The van der Waals surface area contributed by atoms with Crippen LogP contribution in [0.4, 0.5) is 0 Å². The first kappa shape index (κ1) is 35.3. The van der Waals surface area contributed by atoms with Gasteiger partial charge in [-0.1, -0.05) is 69.3 Å². The van der Waals surface area contributed by atoms with E-state index >= 15 is 0 Å². The van der Waals surface area contributed by atoms with Gasteiger partial charge in [0.1, 0.15) is 18.3 Å². The summed E-state index contributed by atoms with van der Waals surface area (Å²) in [5.41, 5.74) is -4.13. The van der Waals surface area contributed by atoms with E-state index in [0.717, 1.165) is 5.56 Å². The number of phenols is 1. The lowest BCUT2D eigenvalue weighted by Gasteiger charge is -2.53. The molecule has 4 aliphatic carbocycles. The van der Waals surface area contributed by atoms with Crippen molar-refractivity contribution in [1.82, 2.24) is 0 Å². The van der Waals surface area contributed by atoms with Crippen molar-refractivity contribution >= 4 is 23.7 Å². The van der Waals surface area contributed by atoms with Crippen LogP contribution >= 0.6 is 0 Å². The number of esters is 3. The molecule has 266 valence electrons. The van der Waals surface area contributed by atoms with Crippen molar-refractivity contribution in [1.29, 1.82) is 0 Å². The molecule has 0 unspecified atom stereocenters. The first-order chi connectivity index (χ1) is 23.5. The van der Waals surface area contributed by atoms with Gasteiger partial charge in [-0.3, -0.25) is 19.2 Å². The zero-order valence-corrected chi connectivity index (χ0v) is 29.1. The Morgan fingerprint density at radius 3 is 2.30 bits per heavy atom. The molecule has 2 saturated carbocycles. The largest absolute Gasteiger partial charge is 0.504 e. The highest BCUT2D eigenvalue weighted by Crippen LogP contribution is 2.77. The number of carbonyl (C=O) groups excluding carboxylic acids is 4. The molecule has 50 heavy (non-hydrogen) atoms. The summed E-state index contributed by atoms with van der Waals surface area (Å²) in [4.78, 5) is 52.9. The molecule has 0 heterocycles. The monoisotopic (exact) mass is 688 g/mol. The van der Waals surface area contributed by atoms with Gasteiger partial charge in [0.05, 0.1) is 25.6 Å². The van der Waals surface area contributed by atoms with E-state index in [1.54, 1.807) is 44.2 Å². The van der Waals surface area contributed by atoms with Crippen LogP contribution in [0.2, 0.25) is 0 Å². The number of fused-ring (bicyclic) bond motifs is 5. The molecule has 8 atom stereocenters. The molecule has 2 aromatic carbocycles. The van der Waals surface area contributed by atoms with E-state index in [2.05, 4.69) is 0 Å². The molecule has 11 nitrogen and oxygen atoms in total. The minimum atomic E-state index is -2.08. The average molecular weight is 689 g/mol. The maximum absolute atomic E-state index is 13.7. The molecule has 0 saturated heterocycles. The molecule has 3 N–H and O–H groups in total. The second kappa shape index (κ2) is 12.4. The topological polar surface area (TPSA) is 166 Å². The van der Waals surface area contributed by atoms with Gasteiger partial charge in [-0.05, 0) is 41.3 Å². The van der Waals surface area contributed by atoms with Gasteiger partial charge in [0.25, 0.3) is 0 Å². The van der Waals surface area contributed by atoms with E-state index in [9.17, 15) is 34.5 Å². The third-order valence-corrected chi connectivity index (χ3v) is 11.5. The summed E-state index contributed by atoms with van der Waals surface area (Å²) >= 11 is 0. The Kier molecular flexibility index (Phi) is 8.75. The highest BCUT2D eigenvalue weighted by Gasteiger charge is 2.87. The summed E-state index contributed by atoms with van der Waals surface area (Å²) in [6.07, 6.45) is 1.81. The van der Waals surface area contributed by atoms with E-state index < -0.39 is 75.7 Å². The lowest BCUT2D eigenvalue weighted by molar-refractivity contribution is -0.228. The van der Waals surface area contributed by atoms with Crippen LogP contribution in [-0.2, 0) is 46.2 Å². The summed E-state index contributed by atoms with van der Waals surface area (Å²) in [6.45, 7) is 8.05. The molecule has 0 spiro atoms. The lowest BCUT2D eigenvalue weighted by atomic mass is 9.59. The zero-order valence-electron chi connectivity index (χ0n) is 29.1. The zero-order chi connectivity index (χ0) is 36.4. The number of ketones is 1. The molecule has 0 aliphatic heterocycles. The van der Waals surface area contributed by atoms with Crippen molar-refractivity contribution in [3.8, 4) is 11.5 Å². The van der Waals surface area contributed by atoms with Gasteiger partial charge in [-0.2, -0.15) is 0 Å². The molecule has 11 heteroatoms. The van der Waals surface area contributed by atoms with E-state index in [0.29, 0.717) is 11.1 Å². The summed E-state index contributed by atoms with van der Waals surface area (Å²) in [5, 5.41) is 35.2. The van der Waals surface area contributed by atoms with Gasteiger partial charge in [0, 0.05) is 42.4 Å². The minimum absolute atomic E-state index is 0.0512. The maximum atomic E-state index is 13.7. The van der Waals surface area contributed by atoms with E-state index in [-0.39, 0.29) is 42.9 Å². The molecule has 2 fully saturated rings. The van der Waals surface area contributed by atoms with Crippen LogP contribution in [0.3, 0.4) is 0 Å². The van der Waals surface area contributed by atoms with Gasteiger partial charge >= 0.3 is 17.9 Å². The van der Waals surface area contributed by atoms with E-state index in [1.807, 2.05) is 32.0 Å². The first-order valence-corrected chi connectivity index (χ1v) is 16.8. The van der Waals surface area contributed by atoms with E-state index in [4.69, 9.17) is 18.9 Å². The molecule has 0 amide bonds. The smallest absolute Gasteiger partial charge is 0.310 e. The third-order valence-electron chi connectivity index (χ3n) is 11.5. The van der Waals surface area contributed by atoms with Crippen molar-refractivity contribution < 1.29 is 53.4 Å². The first-order valence-electron chi connectivity index (χ1n) is 16.8. The van der Waals surface area contributed by atoms with Crippen molar-refractivity contribution in [3.05, 3.63) is 83.0 Å². The number of benzene rings is 2. The lowest BCUT2D eigenvalue weighted by Crippen LogP contribution is -2.66. The second-order valence-electron chi connectivity index (χ2n) is 14.8. The summed E-state index contributed by atoms with van der Waals surface area (Å²) < 4.78 is 23.1. The number of phenolic OH excluding ortho intramolecular Hbond substituents is 1. The number of methoxy groups -OCH3 is 1. The number of hydrogen-bond acceptors (Lipinski definition) is 11. The molecule has 0 radical (unpaired) electrons. The second-order valence-corrected chi connectivity index (χ2v) is 14.8. The van der Waals surface area contributed by atoms with Gasteiger partial charge in [0.15, 0.2) is 22.9 Å². The third kappa shape index (κ3) is 5.42. The predicted octanol–water partition coefficient (Wildman–Crippen LogP) is 3.80. The van der Waals surface area contributed by atoms with Crippen LogP contribution in [0.15, 0.2) is 71.8 Å². The van der Waals surface area contributed by atoms with Crippen molar-refractivity contribution in [2.45, 2.75) is 76.8 Å². The van der Waals surface area contributed by atoms with Crippen LogP contribution < -0.4 is 4.74 Å². The number of aromatic hydroxyl groups is 1. The Labute approximate surface area is 290 Å². The van der Waals surface area contributed by atoms with Crippen LogP contribution in [0, 0.1) is 29.1 Å². The Morgan fingerprint density at radius 2 is 1.64 bits per heavy atom. The summed E-state index contributed by atoms with van der Waals surface area (Å²) in [7, 11) is 1.40. The highest BCUT2D eigenvalue weighted by atomic mass is 16.6. The number of ether oxygens (including phenoxy) is 4. The molecule has 4 aliphatic rings. The van der Waals surface area contributed by atoms with Gasteiger partial charge in [-0.25, -0.2) is 0 Å². The number of carbonyl (C=O) groups is 4. The summed E-state index contributed by atoms with van der Waals surface area (Å²) in [6, 6.07) is 13.6. The van der Waals surface area contributed by atoms with Crippen molar-refractivity contribution in [2.75, 3.05) is 13.7 Å². The van der Waals surface area contributed by atoms with Crippen LogP contribution in [0.5, 0.6) is 11.5 Å². The number of Topliss-reactive ketones (excluding diaryl/α,β-unsaturated/α-hetero) is 1. The van der Waals surface area contributed by atoms with Gasteiger partial charge < -0.3 is 34.3 Å². The normalized spacial score (nSPS) is 33.4. The van der Waals surface area contributed by atoms with Crippen molar-refractivity contribution in [2.24, 2.45) is 29.1 Å². The Balaban J connectivity index is 1.37. The SMILES string of the molecule is COc1cc(CC(=O)OCC2=C[C@H]3[C@@H]4C(C)(C)[C@]4(OC(C)=O)[C@H](OC(=O)Cc4ccccc4)[C@@H](C)[C@]3(O)[C@@H]3C=C(C)C(=O)[C@]3(O)C2)ccc1O. The number of rotatable bonds is 9. The fraction of sp³-hybridized carbons (Fsp3) is 0.487. The average Bonchev–Trinajstić information content (AvgIpc) is 3.48. The minimum Gasteiger partial charge on any atom is -0.504 e. The summed E-state index contributed by atoms with van der Waals surface area (Å²) in [5.74, 6) is -5.63. The highest BCUT2D eigenvalue weighted by molar-refractivity contribution is 6.05. The number of hydrogen-bond donors (Lipinski definition) is 3. The molecule has 2 aromatic rings. The molecular weight excluding hydrogens is 644 g/mol. The quantitative estimate of drug-likeness (QED) is 0.199. The Morgan fingerprint density at radius 1 is 0.960 bits per heavy atom. The molecule has 6 rings (SSSR count). The Hall–Kier alpha value is -4.48. The van der Waals surface area contributed by atoms with Gasteiger partial charge in [0.2, 0.25) is 0 Å². The Bertz CT molecular complexity index is 1790. The molecule has 0 bridgehead atoms. The fourth-order valence-electron chi connectivity index (χ4n) is 9.22. The van der Waals surface area contributed by atoms with Gasteiger partial charge in [-0.15, -0.1) is 0 Å². The maximum Gasteiger partial charge on any atom is 0.310 e. The van der Waals surface area contributed by atoms with Crippen LogP contribution in [-0.4, -0.2) is 75.6 Å². The fourth-order valence-corrected chi connectivity index (χ4v) is 9.22. The van der Waals surface area contributed by atoms with Crippen LogP contribution in [0.25, 0.3) is 0 Å². The van der Waals surface area contributed by atoms with E-state index in [1.165, 1.54) is 26.2 Å². The van der Waals surface area contributed by atoms with Crippen LogP contribution in [0.1, 0.15) is 52.2 Å². The standard InChI is InChI=1S/C39H44O11/c1-21-14-30-37(45,34(21)44)19-26(20-48-31(42)18-25-12-13-28(41)29(16-25)47-6)15-27-33-36(4,5)39(33,50-23(3)40)35(22(2)38(27,30)46)49-32(43)17-24-10-8-7-9-11-24/h7-16,22,27,30,33,35,41,45-46H,17-20H2,1-6H3/t22-,27+,30-,33-,35-,37+,38-,39-/m1/s1. The predicted molar refractivity (Wildman–Crippen MR) is 179 cm³/mol. The molecular formula is C39H44O11. The molecule has 0 aromatic heterocycles.